The fourth-order valence-electron chi connectivity index (χ4n) is 1.90. The van der Waals surface area contributed by atoms with Crippen LogP contribution in [-0.2, 0) is 19.9 Å². The maximum absolute atomic E-state index is 6.00. The first-order chi connectivity index (χ1) is 8.61. The molecule has 0 spiro atoms. The van der Waals surface area contributed by atoms with E-state index in [1.807, 2.05) is 29.8 Å². The van der Waals surface area contributed by atoms with Gasteiger partial charge in [-0.1, -0.05) is 11.6 Å². The van der Waals surface area contributed by atoms with Crippen molar-refractivity contribution < 1.29 is 4.74 Å². The second-order valence-corrected chi connectivity index (χ2v) is 4.56. The van der Waals surface area contributed by atoms with Gasteiger partial charge < -0.3 is 15.0 Å². The monoisotopic (exact) mass is 265 g/mol. The van der Waals surface area contributed by atoms with Crippen LogP contribution in [0.2, 0.25) is 5.02 Å². The summed E-state index contributed by atoms with van der Waals surface area (Å²) in [4.78, 5) is 4.07. The number of methoxy groups -OCH3 is 1. The van der Waals surface area contributed by atoms with Crippen LogP contribution in [0.5, 0.6) is 5.75 Å². The molecule has 0 radical (unpaired) electrons. The van der Waals surface area contributed by atoms with E-state index in [0.29, 0.717) is 5.95 Å². The number of nitrogen functional groups attached to an aromatic ring is 1. The number of ether oxygens (including phenoxy) is 1. The Hall–Kier alpha value is -1.68. The quantitative estimate of drug-likeness (QED) is 0.924. The number of imidazole rings is 1. The average molecular weight is 266 g/mol. The zero-order chi connectivity index (χ0) is 13.1. The number of nitrogens with two attached hydrogens (primary N) is 1. The van der Waals surface area contributed by atoms with Crippen LogP contribution in [0, 0.1) is 0 Å². The number of benzene rings is 1. The van der Waals surface area contributed by atoms with Crippen molar-refractivity contribution in [2.24, 2.45) is 7.05 Å². The molecular weight excluding hydrogens is 250 g/mol. The first-order valence-corrected chi connectivity index (χ1v) is 6.08. The second-order valence-electron chi connectivity index (χ2n) is 4.12. The van der Waals surface area contributed by atoms with Crippen molar-refractivity contribution in [3.63, 3.8) is 0 Å². The Labute approximate surface area is 111 Å². The number of aromatic nitrogens is 2. The zero-order valence-corrected chi connectivity index (χ0v) is 11.2. The number of rotatable bonds is 4. The number of nitrogens with zero attached hydrogens (tertiary/aromatic N) is 2. The third-order valence-electron chi connectivity index (χ3n) is 3.01. The SMILES string of the molecule is COc1ccc(Cl)cc1CCc1cnc(N)n1C. The third kappa shape index (κ3) is 2.59. The fourth-order valence-corrected chi connectivity index (χ4v) is 2.09. The van der Waals surface area contributed by atoms with Gasteiger partial charge >= 0.3 is 0 Å². The van der Waals surface area contributed by atoms with Gasteiger partial charge in [0.1, 0.15) is 5.75 Å². The summed E-state index contributed by atoms with van der Waals surface area (Å²) in [6, 6.07) is 5.64. The molecule has 0 amide bonds. The van der Waals surface area contributed by atoms with Crippen molar-refractivity contribution in [3.8, 4) is 5.75 Å². The number of halogens is 1. The molecule has 2 N–H and O–H groups in total. The van der Waals surface area contributed by atoms with Gasteiger partial charge in [0.15, 0.2) is 5.95 Å². The smallest absolute Gasteiger partial charge is 0.200 e. The van der Waals surface area contributed by atoms with Crippen molar-refractivity contribution in [2.45, 2.75) is 12.8 Å². The summed E-state index contributed by atoms with van der Waals surface area (Å²) in [7, 11) is 3.57. The molecule has 0 unspecified atom stereocenters. The molecule has 1 aromatic heterocycles. The Bertz CT molecular complexity index is 551. The molecule has 0 fully saturated rings. The van der Waals surface area contributed by atoms with Crippen molar-refractivity contribution >= 4 is 17.5 Å². The molecule has 2 aromatic rings. The van der Waals surface area contributed by atoms with Crippen LogP contribution in [0.1, 0.15) is 11.3 Å². The Morgan fingerprint density at radius 2 is 2.17 bits per heavy atom. The molecule has 0 saturated carbocycles. The summed E-state index contributed by atoms with van der Waals surface area (Å²) in [5, 5.41) is 0.718. The van der Waals surface area contributed by atoms with E-state index >= 15 is 0 Å². The predicted molar refractivity (Wildman–Crippen MR) is 73.0 cm³/mol. The van der Waals surface area contributed by atoms with E-state index in [1.54, 1.807) is 13.3 Å². The van der Waals surface area contributed by atoms with Gasteiger partial charge in [-0.15, -0.1) is 0 Å². The summed E-state index contributed by atoms with van der Waals surface area (Å²) in [5.74, 6) is 1.39. The molecule has 0 aliphatic rings. The molecule has 96 valence electrons. The first kappa shape index (κ1) is 12.8. The van der Waals surface area contributed by atoms with Gasteiger partial charge in [-0.05, 0) is 36.6 Å². The Balaban J connectivity index is 2.15. The lowest BCUT2D eigenvalue weighted by molar-refractivity contribution is 0.409. The minimum atomic E-state index is 0.531. The van der Waals surface area contributed by atoms with Crippen LogP contribution in [-0.4, -0.2) is 16.7 Å². The molecule has 0 aliphatic carbocycles. The largest absolute Gasteiger partial charge is 0.496 e. The molecule has 0 saturated heterocycles. The standard InChI is InChI=1S/C13H16ClN3O/c1-17-11(8-16-13(17)15)5-3-9-7-10(14)4-6-12(9)18-2/h4,6-8H,3,5H2,1-2H3,(H2,15,16). The Morgan fingerprint density at radius 1 is 1.39 bits per heavy atom. The van der Waals surface area contributed by atoms with Crippen molar-refractivity contribution in [1.29, 1.82) is 0 Å². The van der Waals surface area contributed by atoms with Crippen LogP contribution in [0.25, 0.3) is 0 Å². The lowest BCUT2D eigenvalue weighted by atomic mass is 10.1. The fraction of sp³-hybridized carbons (Fsp3) is 0.308. The van der Waals surface area contributed by atoms with Crippen LogP contribution < -0.4 is 10.5 Å². The summed E-state index contributed by atoms with van der Waals surface area (Å²) < 4.78 is 7.20. The average Bonchev–Trinajstić information content (AvgIpc) is 2.68. The van der Waals surface area contributed by atoms with Gasteiger partial charge in [0, 0.05) is 17.8 Å². The Kier molecular flexibility index (Phi) is 3.77. The predicted octanol–water partition coefficient (Wildman–Crippen LogP) is 2.45. The van der Waals surface area contributed by atoms with Crippen molar-refractivity contribution in [2.75, 3.05) is 12.8 Å². The third-order valence-corrected chi connectivity index (χ3v) is 3.25. The van der Waals surface area contributed by atoms with E-state index in [2.05, 4.69) is 4.98 Å². The second kappa shape index (κ2) is 5.31. The minimum absolute atomic E-state index is 0.531. The molecule has 1 aromatic carbocycles. The molecule has 18 heavy (non-hydrogen) atoms. The number of hydrogen-bond donors (Lipinski definition) is 1. The van der Waals surface area contributed by atoms with Crippen LogP contribution in [0.4, 0.5) is 5.95 Å². The van der Waals surface area contributed by atoms with Crippen molar-refractivity contribution in [1.82, 2.24) is 9.55 Å². The van der Waals surface area contributed by atoms with E-state index < -0.39 is 0 Å². The Morgan fingerprint density at radius 3 is 2.78 bits per heavy atom. The summed E-state index contributed by atoms with van der Waals surface area (Å²) in [6.45, 7) is 0. The van der Waals surface area contributed by atoms with E-state index in [9.17, 15) is 0 Å². The number of anilines is 1. The number of aryl methyl sites for hydroxylation is 2. The number of hydrogen-bond acceptors (Lipinski definition) is 3. The van der Waals surface area contributed by atoms with E-state index in [-0.39, 0.29) is 0 Å². The van der Waals surface area contributed by atoms with Gasteiger partial charge in [-0.2, -0.15) is 0 Å². The van der Waals surface area contributed by atoms with Gasteiger partial charge in [-0.25, -0.2) is 4.98 Å². The molecule has 4 nitrogen and oxygen atoms in total. The summed E-state index contributed by atoms with van der Waals surface area (Å²) in [5.41, 5.74) is 7.88. The molecule has 0 aliphatic heterocycles. The highest BCUT2D eigenvalue weighted by Gasteiger charge is 2.07. The van der Waals surface area contributed by atoms with Gasteiger partial charge in [0.25, 0.3) is 0 Å². The van der Waals surface area contributed by atoms with E-state index in [1.165, 1.54) is 0 Å². The normalized spacial score (nSPS) is 10.6. The molecule has 0 atom stereocenters. The molecule has 2 rings (SSSR count). The van der Waals surface area contributed by atoms with Crippen LogP contribution in [0.3, 0.4) is 0 Å². The van der Waals surface area contributed by atoms with Crippen molar-refractivity contribution in [3.05, 3.63) is 40.7 Å². The molecular formula is C13H16ClN3O. The zero-order valence-electron chi connectivity index (χ0n) is 10.5. The van der Waals surface area contributed by atoms with E-state index in [0.717, 1.165) is 34.9 Å². The van der Waals surface area contributed by atoms with Gasteiger partial charge in [0.2, 0.25) is 0 Å². The highest BCUT2D eigenvalue weighted by molar-refractivity contribution is 6.30. The first-order valence-electron chi connectivity index (χ1n) is 5.70. The molecule has 5 heteroatoms. The molecule has 1 heterocycles. The summed E-state index contributed by atoms with van der Waals surface area (Å²) in [6.07, 6.45) is 3.48. The minimum Gasteiger partial charge on any atom is -0.496 e. The lowest BCUT2D eigenvalue weighted by Gasteiger charge is -2.09. The maximum Gasteiger partial charge on any atom is 0.200 e. The highest BCUT2D eigenvalue weighted by atomic mass is 35.5. The topological polar surface area (TPSA) is 53.1 Å². The highest BCUT2D eigenvalue weighted by Crippen LogP contribution is 2.24. The lowest BCUT2D eigenvalue weighted by Crippen LogP contribution is -2.03. The van der Waals surface area contributed by atoms with Crippen LogP contribution in [0.15, 0.2) is 24.4 Å². The van der Waals surface area contributed by atoms with E-state index in [4.69, 9.17) is 22.1 Å². The van der Waals surface area contributed by atoms with Gasteiger partial charge in [0.05, 0.1) is 13.3 Å². The van der Waals surface area contributed by atoms with Crippen LogP contribution >= 0.6 is 11.6 Å². The van der Waals surface area contributed by atoms with Gasteiger partial charge in [-0.3, -0.25) is 0 Å². The molecule has 0 bridgehead atoms. The summed E-state index contributed by atoms with van der Waals surface area (Å²) >= 11 is 6.00. The maximum atomic E-state index is 6.00.